The molecule has 2 bridgehead atoms. The third kappa shape index (κ3) is 6.56. The molecule has 4 aromatic rings. The number of morpholine rings is 1. The molecule has 8 rings (SSSR count). The molecule has 4 aliphatic heterocycles. The second-order valence-corrected chi connectivity index (χ2v) is 13.3. The average Bonchev–Trinajstić information content (AvgIpc) is 3.52. The van der Waals surface area contributed by atoms with E-state index in [4.69, 9.17) is 33.0 Å². The number of piperazine rings is 1. The number of hydrogen-bond acceptors (Lipinski definition) is 12. The lowest BCUT2D eigenvalue weighted by atomic mass is 9.87. The number of piperidine rings is 1. The maximum absolute atomic E-state index is 12.6. The van der Waals surface area contributed by atoms with Gasteiger partial charge in [0.2, 0.25) is 5.88 Å². The van der Waals surface area contributed by atoms with Crippen LogP contribution >= 0.6 is 0 Å². The number of fused-ring (bicyclic) bond motifs is 3. The molecule has 1 amide bonds. The summed E-state index contributed by atoms with van der Waals surface area (Å²) in [7, 11) is -2.53. The van der Waals surface area contributed by atoms with Crippen LogP contribution in [0.2, 0.25) is 0 Å². The second-order valence-electron chi connectivity index (χ2n) is 13.3. The first-order valence-electron chi connectivity index (χ1n) is 17.4. The standard InChI is InChI=1S/C34H39N9O5/c1-34(2,3)48-33(44)40-7-8-46-27(19-40)21-47-26-10-28(32-23(11-35)13-39-43(32)20-26)29-14-37-30(15-36-29)41-17-24-9-25(18-41)42(24)16-22-5-6-31(45-4)38-12-22/h5-6,10,12-15,20,24-25,27H,7-9,16-19,21H2,1-4H3/t24?,25?,27-/m1/s1/i4D3. The molecule has 0 saturated carbocycles. The summed E-state index contributed by atoms with van der Waals surface area (Å²) >= 11 is 0. The van der Waals surface area contributed by atoms with Crippen molar-refractivity contribution < 1.29 is 27.9 Å². The minimum atomic E-state index is -2.53. The van der Waals surface area contributed by atoms with E-state index in [0.29, 0.717) is 66.4 Å². The number of carbonyl (C=O) groups excluding carboxylic acids is 1. The minimum Gasteiger partial charge on any atom is -0.489 e. The Morgan fingerprint density at radius 1 is 1.12 bits per heavy atom. The lowest BCUT2D eigenvalue weighted by Crippen LogP contribution is -2.68. The summed E-state index contributed by atoms with van der Waals surface area (Å²) < 4.78 is 45.8. The zero-order chi connectivity index (χ0) is 35.9. The molecular weight excluding hydrogens is 614 g/mol. The molecule has 4 aliphatic rings. The van der Waals surface area contributed by atoms with Gasteiger partial charge in [0.05, 0.1) is 65.9 Å². The topological polar surface area (TPSA) is 143 Å². The first-order valence-corrected chi connectivity index (χ1v) is 15.9. The van der Waals surface area contributed by atoms with Crippen molar-refractivity contribution in [3.05, 3.63) is 60.3 Å². The van der Waals surface area contributed by atoms with Gasteiger partial charge in [-0.2, -0.15) is 10.4 Å². The van der Waals surface area contributed by atoms with Gasteiger partial charge >= 0.3 is 6.09 Å². The van der Waals surface area contributed by atoms with E-state index < -0.39 is 12.6 Å². The van der Waals surface area contributed by atoms with Crippen LogP contribution in [0, 0.1) is 11.3 Å². The number of aromatic nitrogens is 5. The zero-order valence-electron chi connectivity index (χ0n) is 30.1. The molecule has 0 aromatic carbocycles. The van der Waals surface area contributed by atoms with Crippen molar-refractivity contribution >= 4 is 17.4 Å². The van der Waals surface area contributed by atoms with Crippen molar-refractivity contribution in [3.63, 3.8) is 0 Å². The number of rotatable bonds is 8. The van der Waals surface area contributed by atoms with Gasteiger partial charge in [0, 0.05) is 56.1 Å². The summed E-state index contributed by atoms with van der Waals surface area (Å²) in [6.07, 6.45) is 8.68. The fraction of sp³-hybridized carbons (Fsp3) is 0.471. The van der Waals surface area contributed by atoms with E-state index in [1.54, 1.807) is 40.3 Å². The van der Waals surface area contributed by atoms with Crippen LogP contribution in [0.5, 0.6) is 11.6 Å². The van der Waals surface area contributed by atoms with Crippen molar-refractivity contribution in [2.24, 2.45) is 0 Å². The van der Waals surface area contributed by atoms with Crippen molar-refractivity contribution in [1.29, 1.82) is 5.26 Å². The number of ether oxygens (including phenoxy) is 4. The Bertz CT molecular complexity index is 1910. The first-order chi connectivity index (χ1) is 24.3. The molecule has 3 atom stereocenters. The fourth-order valence-electron chi connectivity index (χ4n) is 6.49. The minimum absolute atomic E-state index is 0.0788. The maximum Gasteiger partial charge on any atom is 0.410 e. The molecule has 14 heteroatoms. The number of methoxy groups -OCH3 is 1. The highest BCUT2D eigenvalue weighted by atomic mass is 16.6. The monoisotopic (exact) mass is 656 g/mol. The van der Waals surface area contributed by atoms with Crippen molar-refractivity contribution in [1.82, 2.24) is 34.4 Å². The fourth-order valence-corrected chi connectivity index (χ4v) is 6.49. The third-order valence-corrected chi connectivity index (χ3v) is 8.78. The highest BCUT2D eigenvalue weighted by Crippen LogP contribution is 2.36. The van der Waals surface area contributed by atoms with Gasteiger partial charge in [0.15, 0.2) is 0 Å². The Balaban J connectivity index is 1.01. The predicted molar refractivity (Wildman–Crippen MR) is 175 cm³/mol. The molecule has 48 heavy (non-hydrogen) atoms. The van der Waals surface area contributed by atoms with E-state index in [2.05, 4.69) is 26.0 Å². The van der Waals surface area contributed by atoms with Gasteiger partial charge in [-0.1, -0.05) is 6.07 Å². The Labute approximate surface area is 283 Å². The molecule has 4 fully saturated rings. The number of amides is 1. The Kier molecular flexibility index (Phi) is 7.53. The lowest BCUT2D eigenvalue weighted by molar-refractivity contribution is -0.0557. The second kappa shape index (κ2) is 12.9. The lowest BCUT2D eigenvalue weighted by Gasteiger charge is -2.56. The Morgan fingerprint density at radius 2 is 1.98 bits per heavy atom. The van der Waals surface area contributed by atoms with Crippen molar-refractivity contribution in [2.45, 2.75) is 57.5 Å². The summed E-state index contributed by atoms with van der Waals surface area (Å²) in [5.74, 6) is 1.34. The van der Waals surface area contributed by atoms with Crippen molar-refractivity contribution in [3.8, 4) is 29.0 Å². The summed E-state index contributed by atoms with van der Waals surface area (Å²) in [5, 5.41) is 14.2. The summed E-state index contributed by atoms with van der Waals surface area (Å²) in [6, 6.07) is 8.15. The molecule has 14 nitrogen and oxygen atoms in total. The van der Waals surface area contributed by atoms with Gasteiger partial charge in [0.1, 0.15) is 35.9 Å². The van der Waals surface area contributed by atoms with Gasteiger partial charge in [-0.3, -0.25) is 9.88 Å². The van der Waals surface area contributed by atoms with Gasteiger partial charge < -0.3 is 28.7 Å². The van der Waals surface area contributed by atoms with Crippen LogP contribution in [0.3, 0.4) is 0 Å². The number of hydrogen-bond donors (Lipinski definition) is 0. The zero-order valence-corrected chi connectivity index (χ0v) is 27.1. The molecule has 250 valence electrons. The van der Waals surface area contributed by atoms with Gasteiger partial charge in [-0.05, 0) is 38.8 Å². The van der Waals surface area contributed by atoms with Crippen LogP contribution in [0.4, 0.5) is 10.6 Å². The molecule has 0 spiro atoms. The van der Waals surface area contributed by atoms with Crippen LogP contribution in [-0.4, -0.2) is 111 Å². The first kappa shape index (κ1) is 28.1. The molecular formula is C34H39N9O5. The number of nitriles is 1. The molecule has 0 radical (unpaired) electrons. The largest absolute Gasteiger partial charge is 0.489 e. The molecule has 2 unspecified atom stereocenters. The highest BCUT2D eigenvalue weighted by molar-refractivity contribution is 5.83. The quantitative estimate of drug-likeness (QED) is 0.274. The average molecular weight is 657 g/mol. The van der Waals surface area contributed by atoms with Crippen LogP contribution in [0.15, 0.2) is 49.2 Å². The Morgan fingerprint density at radius 3 is 2.69 bits per heavy atom. The van der Waals surface area contributed by atoms with Crippen LogP contribution in [0.25, 0.3) is 16.8 Å². The van der Waals surface area contributed by atoms with Gasteiger partial charge in [-0.15, -0.1) is 0 Å². The molecule has 4 saturated heterocycles. The summed E-state index contributed by atoms with van der Waals surface area (Å²) in [6.45, 7) is 9.14. The number of pyridine rings is 2. The Hall–Kier alpha value is -5.00. The third-order valence-electron chi connectivity index (χ3n) is 8.78. The normalized spacial score (nSPS) is 22.2. The molecule has 4 aromatic heterocycles. The highest BCUT2D eigenvalue weighted by Gasteiger charge is 2.44. The summed E-state index contributed by atoms with van der Waals surface area (Å²) in [5.41, 5.74) is 2.61. The van der Waals surface area contributed by atoms with E-state index in [9.17, 15) is 10.1 Å². The number of anilines is 1. The van der Waals surface area contributed by atoms with Gasteiger partial charge in [-0.25, -0.2) is 19.3 Å². The van der Waals surface area contributed by atoms with E-state index in [-0.39, 0.29) is 24.7 Å². The smallest absolute Gasteiger partial charge is 0.410 e. The number of nitrogens with zero attached hydrogens (tertiary/aromatic N) is 9. The van der Waals surface area contributed by atoms with Gasteiger partial charge in [0.25, 0.3) is 0 Å². The maximum atomic E-state index is 12.6. The predicted octanol–water partition coefficient (Wildman–Crippen LogP) is 3.54. The molecule has 0 N–H and O–H groups in total. The van der Waals surface area contributed by atoms with E-state index in [1.807, 2.05) is 32.9 Å². The van der Waals surface area contributed by atoms with Crippen LogP contribution in [-0.2, 0) is 16.0 Å². The van der Waals surface area contributed by atoms with E-state index >= 15 is 0 Å². The number of carbonyl (C=O) groups is 1. The summed E-state index contributed by atoms with van der Waals surface area (Å²) in [4.78, 5) is 32.6. The van der Waals surface area contributed by atoms with E-state index in [0.717, 1.165) is 30.9 Å². The molecule has 0 aliphatic carbocycles. The van der Waals surface area contributed by atoms with Crippen LogP contribution in [0.1, 0.15) is 42.4 Å². The van der Waals surface area contributed by atoms with E-state index in [1.165, 1.54) is 6.20 Å². The van der Waals surface area contributed by atoms with Crippen molar-refractivity contribution in [2.75, 3.05) is 51.3 Å². The van der Waals surface area contributed by atoms with Crippen LogP contribution < -0.4 is 14.4 Å². The SMILES string of the molecule is [2H]C([2H])([2H])Oc1ccc(CN2C3CC2CN(c2cnc(-c4cc(OC[C@H]5CN(C(=O)OC(C)(C)C)CCO5)cn5ncc(C#N)c45)cn2)C3)cn1. The molecule has 8 heterocycles.